The third kappa shape index (κ3) is 4.85. The average Bonchev–Trinajstić information content (AvgIpc) is 2.76. The van der Waals surface area contributed by atoms with Gasteiger partial charge in [0.05, 0.1) is 0 Å². The van der Waals surface area contributed by atoms with Gasteiger partial charge in [0.1, 0.15) is 0 Å². The zero-order chi connectivity index (χ0) is 14.5. The van der Waals surface area contributed by atoms with Crippen LogP contribution in [0.2, 0.25) is 0 Å². The molecule has 1 atom stereocenters. The molecule has 0 aliphatic carbocycles. The molecule has 0 radical (unpaired) electrons. The quantitative estimate of drug-likeness (QED) is 0.901. The molecule has 0 bridgehead atoms. The number of thiophene rings is 1. The summed E-state index contributed by atoms with van der Waals surface area (Å²) in [7, 11) is 2.24. The predicted octanol–water partition coefficient (Wildman–Crippen LogP) is 2.77. The Morgan fingerprint density at radius 1 is 1.30 bits per heavy atom. The summed E-state index contributed by atoms with van der Waals surface area (Å²) in [5, 5.41) is 3.49. The molecule has 1 fully saturated rings. The monoisotopic (exact) mass is 295 g/mol. The Labute approximate surface area is 128 Å². The Hall–Kier alpha value is -0.420. The maximum atomic E-state index is 3.49. The highest BCUT2D eigenvalue weighted by atomic mass is 32.1. The molecule has 2 rings (SSSR count). The van der Waals surface area contributed by atoms with Gasteiger partial charge < -0.3 is 10.2 Å². The number of hydrogen-bond donors (Lipinski definition) is 1. The van der Waals surface area contributed by atoms with E-state index in [0.29, 0.717) is 12.1 Å². The van der Waals surface area contributed by atoms with Crippen molar-refractivity contribution < 1.29 is 0 Å². The van der Waals surface area contributed by atoms with Gasteiger partial charge in [-0.1, -0.05) is 13.8 Å². The predicted molar refractivity (Wildman–Crippen MR) is 88.3 cm³/mol. The first-order chi connectivity index (χ1) is 9.54. The van der Waals surface area contributed by atoms with Gasteiger partial charge in [-0.05, 0) is 39.1 Å². The standard InChI is InChI=1S/C16H29N3S/c1-13(2)17-10-15-6-7-16(20-15)12-19-9-5-8-18(4)11-14(19)3/h6-7,13-14,17H,5,8-12H2,1-4H3. The fraction of sp³-hybridized carbons (Fsp3) is 0.750. The summed E-state index contributed by atoms with van der Waals surface area (Å²) >= 11 is 1.96. The summed E-state index contributed by atoms with van der Waals surface area (Å²) in [5.41, 5.74) is 0. The maximum absolute atomic E-state index is 3.49. The van der Waals surface area contributed by atoms with E-state index in [4.69, 9.17) is 0 Å². The van der Waals surface area contributed by atoms with Crippen molar-refractivity contribution in [2.45, 2.75) is 52.4 Å². The van der Waals surface area contributed by atoms with Crippen LogP contribution in [0.1, 0.15) is 36.9 Å². The smallest absolute Gasteiger partial charge is 0.0331 e. The lowest BCUT2D eigenvalue weighted by molar-refractivity contribution is 0.196. The first-order valence-electron chi connectivity index (χ1n) is 7.78. The van der Waals surface area contributed by atoms with E-state index in [2.05, 4.69) is 55.1 Å². The summed E-state index contributed by atoms with van der Waals surface area (Å²) in [4.78, 5) is 8.04. The van der Waals surface area contributed by atoms with Crippen LogP contribution in [-0.4, -0.2) is 48.6 Å². The first kappa shape index (κ1) is 16.0. The van der Waals surface area contributed by atoms with Gasteiger partial charge in [0.25, 0.3) is 0 Å². The maximum Gasteiger partial charge on any atom is 0.0331 e. The summed E-state index contributed by atoms with van der Waals surface area (Å²) in [6.07, 6.45) is 1.29. The van der Waals surface area contributed by atoms with E-state index < -0.39 is 0 Å². The van der Waals surface area contributed by atoms with Crippen molar-refractivity contribution in [3.8, 4) is 0 Å². The average molecular weight is 295 g/mol. The number of likely N-dealkylation sites (N-methyl/N-ethyl adjacent to an activating group) is 1. The molecule has 0 spiro atoms. The lowest BCUT2D eigenvalue weighted by Crippen LogP contribution is -2.37. The van der Waals surface area contributed by atoms with E-state index in [1.165, 1.54) is 35.8 Å². The molecule has 1 N–H and O–H groups in total. The molecular weight excluding hydrogens is 266 g/mol. The number of nitrogens with one attached hydrogen (secondary N) is 1. The molecule has 1 aliphatic heterocycles. The number of rotatable bonds is 5. The number of nitrogens with zero attached hydrogens (tertiary/aromatic N) is 2. The van der Waals surface area contributed by atoms with E-state index in [-0.39, 0.29) is 0 Å². The van der Waals surface area contributed by atoms with Crippen molar-refractivity contribution in [2.75, 3.05) is 26.7 Å². The molecule has 1 aromatic heterocycles. The third-order valence-electron chi connectivity index (χ3n) is 3.95. The SMILES string of the molecule is CC(C)NCc1ccc(CN2CCCN(C)CC2C)s1. The van der Waals surface area contributed by atoms with Crippen LogP contribution in [0.5, 0.6) is 0 Å². The second kappa shape index (κ2) is 7.55. The topological polar surface area (TPSA) is 18.5 Å². The minimum atomic E-state index is 0.557. The Kier molecular flexibility index (Phi) is 6.02. The first-order valence-corrected chi connectivity index (χ1v) is 8.60. The van der Waals surface area contributed by atoms with Crippen LogP contribution < -0.4 is 5.32 Å². The van der Waals surface area contributed by atoms with Crippen LogP contribution in [-0.2, 0) is 13.1 Å². The lowest BCUT2D eigenvalue weighted by atomic mass is 10.2. The van der Waals surface area contributed by atoms with Crippen molar-refractivity contribution in [2.24, 2.45) is 0 Å². The van der Waals surface area contributed by atoms with Crippen LogP contribution in [0.15, 0.2) is 12.1 Å². The van der Waals surface area contributed by atoms with Crippen LogP contribution >= 0.6 is 11.3 Å². The molecular formula is C16H29N3S. The van der Waals surface area contributed by atoms with Crippen molar-refractivity contribution >= 4 is 11.3 Å². The normalized spacial score (nSPS) is 22.4. The molecule has 0 saturated carbocycles. The molecule has 2 heterocycles. The minimum absolute atomic E-state index is 0.557. The largest absolute Gasteiger partial charge is 0.310 e. The second-order valence-corrected chi connectivity index (χ2v) is 7.59. The Balaban J connectivity index is 1.89. The van der Waals surface area contributed by atoms with Gasteiger partial charge in [0, 0.05) is 48.0 Å². The Morgan fingerprint density at radius 3 is 2.80 bits per heavy atom. The molecule has 1 unspecified atom stereocenters. The molecule has 114 valence electrons. The van der Waals surface area contributed by atoms with E-state index >= 15 is 0 Å². The highest BCUT2D eigenvalue weighted by Gasteiger charge is 2.20. The van der Waals surface area contributed by atoms with Crippen molar-refractivity contribution in [3.63, 3.8) is 0 Å². The fourth-order valence-electron chi connectivity index (χ4n) is 2.76. The molecule has 20 heavy (non-hydrogen) atoms. The van der Waals surface area contributed by atoms with E-state index in [1.54, 1.807) is 0 Å². The highest BCUT2D eigenvalue weighted by molar-refractivity contribution is 7.11. The van der Waals surface area contributed by atoms with Crippen molar-refractivity contribution in [1.82, 2.24) is 15.1 Å². The zero-order valence-electron chi connectivity index (χ0n) is 13.4. The summed E-state index contributed by atoms with van der Waals surface area (Å²) in [5.74, 6) is 0. The van der Waals surface area contributed by atoms with Crippen LogP contribution in [0, 0.1) is 0 Å². The summed E-state index contributed by atoms with van der Waals surface area (Å²) in [6.45, 7) is 12.5. The van der Waals surface area contributed by atoms with E-state index in [1.807, 2.05) is 11.3 Å². The molecule has 1 aromatic rings. The van der Waals surface area contributed by atoms with Gasteiger partial charge in [-0.3, -0.25) is 4.90 Å². The van der Waals surface area contributed by atoms with Crippen molar-refractivity contribution in [3.05, 3.63) is 21.9 Å². The van der Waals surface area contributed by atoms with Crippen LogP contribution in [0.25, 0.3) is 0 Å². The summed E-state index contributed by atoms with van der Waals surface area (Å²) < 4.78 is 0. The van der Waals surface area contributed by atoms with Gasteiger partial charge in [-0.15, -0.1) is 11.3 Å². The van der Waals surface area contributed by atoms with Gasteiger partial charge >= 0.3 is 0 Å². The highest BCUT2D eigenvalue weighted by Crippen LogP contribution is 2.20. The molecule has 0 aromatic carbocycles. The number of hydrogen-bond acceptors (Lipinski definition) is 4. The molecule has 3 nitrogen and oxygen atoms in total. The Morgan fingerprint density at radius 2 is 2.05 bits per heavy atom. The second-order valence-electron chi connectivity index (χ2n) is 6.34. The third-order valence-corrected chi connectivity index (χ3v) is 5.02. The lowest BCUT2D eigenvalue weighted by Gasteiger charge is -2.27. The van der Waals surface area contributed by atoms with Crippen LogP contribution in [0.4, 0.5) is 0 Å². The van der Waals surface area contributed by atoms with E-state index in [0.717, 1.165) is 13.1 Å². The van der Waals surface area contributed by atoms with Gasteiger partial charge in [0.2, 0.25) is 0 Å². The van der Waals surface area contributed by atoms with E-state index in [9.17, 15) is 0 Å². The molecule has 1 aliphatic rings. The van der Waals surface area contributed by atoms with Crippen molar-refractivity contribution in [1.29, 1.82) is 0 Å². The van der Waals surface area contributed by atoms with Gasteiger partial charge in [-0.2, -0.15) is 0 Å². The van der Waals surface area contributed by atoms with Gasteiger partial charge in [0.15, 0.2) is 0 Å². The Bertz CT molecular complexity index is 402. The minimum Gasteiger partial charge on any atom is -0.310 e. The van der Waals surface area contributed by atoms with Crippen LogP contribution in [0.3, 0.4) is 0 Å². The molecule has 1 saturated heterocycles. The fourth-order valence-corrected chi connectivity index (χ4v) is 3.76. The zero-order valence-corrected chi connectivity index (χ0v) is 14.2. The molecule has 4 heteroatoms. The molecule has 0 amide bonds. The van der Waals surface area contributed by atoms with Gasteiger partial charge in [-0.25, -0.2) is 0 Å². The summed E-state index contributed by atoms with van der Waals surface area (Å²) in [6, 6.07) is 5.80.